The Kier molecular flexibility index (Phi) is 5.41. The summed E-state index contributed by atoms with van der Waals surface area (Å²) in [7, 11) is 1.79. The lowest BCUT2D eigenvalue weighted by molar-refractivity contribution is -0.129. The molecular formula is C16H22N4O2S. The Morgan fingerprint density at radius 2 is 1.87 bits per heavy atom. The third kappa shape index (κ3) is 4.31. The average Bonchev–Trinajstić information content (AvgIpc) is 2.77. The lowest BCUT2D eigenvalue weighted by Crippen LogP contribution is -2.33. The van der Waals surface area contributed by atoms with Crippen molar-refractivity contribution in [2.75, 3.05) is 7.05 Å². The molecule has 0 aliphatic heterocycles. The number of hydrogen-bond acceptors (Lipinski definition) is 6. The van der Waals surface area contributed by atoms with Crippen molar-refractivity contribution in [1.29, 1.82) is 0 Å². The first-order chi connectivity index (χ1) is 10.8. The Balaban J connectivity index is 2.04. The van der Waals surface area contributed by atoms with E-state index < -0.39 is 0 Å². The molecule has 2 aromatic heterocycles. The summed E-state index contributed by atoms with van der Waals surface area (Å²) in [5.74, 6) is 0.776. The zero-order valence-electron chi connectivity index (χ0n) is 14.4. The highest BCUT2D eigenvalue weighted by Gasteiger charge is 2.22. The van der Waals surface area contributed by atoms with E-state index in [1.54, 1.807) is 11.9 Å². The van der Waals surface area contributed by atoms with Gasteiger partial charge in [0, 0.05) is 24.0 Å². The van der Waals surface area contributed by atoms with Crippen molar-refractivity contribution < 1.29 is 9.32 Å². The molecule has 0 fully saturated rings. The van der Waals surface area contributed by atoms with Crippen molar-refractivity contribution in [3.05, 3.63) is 34.5 Å². The standard InChI is InChI=1S/C16H22N4O2S/c1-9-7-10(2)18-16(17-9)23-13(5)15(21)20(6)8-14-11(3)19-22-12(14)4/h7,13H,8H2,1-6H3. The molecule has 1 atom stereocenters. The van der Waals surface area contributed by atoms with Gasteiger partial charge in [0.25, 0.3) is 0 Å². The molecular weight excluding hydrogens is 312 g/mol. The quantitative estimate of drug-likeness (QED) is 0.618. The number of nitrogens with zero attached hydrogens (tertiary/aromatic N) is 4. The maximum atomic E-state index is 12.6. The Hall–Kier alpha value is -1.89. The molecule has 0 aliphatic carbocycles. The molecule has 0 spiro atoms. The summed E-state index contributed by atoms with van der Waals surface area (Å²) >= 11 is 1.38. The van der Waals surface area contributed by atoms with E-state index in [9.17, 15) is 4.79 Å². The third-order valence-corrected chi connectivity index (χ3v) is 4.49. The molecule has 7 heteroatoms. The van der Waals surface area contributed by atoms with Crippen molar-refractivity contribution in [2.45, 2.75) is 51.6 Å². The number of amides is 1. The molecule has 2 aromatic rings. The normalized spacial score (nSPS) is 12.3. The largest absolute Gasteiger partial charge is 0.361 e. The van der Waals surface area contributed by atoms with Crippen LogP contribution in [0, 0.1) is 27.7 Å². The number of carbonyl (C=O) groups is 1. The van der Waals surface area contributed by atoms with Crippen molar-refractivity contribution in [3.8, 4) is 0 Å². The van der Waals surface area contributed by atoms with Crippen LogP contribution >= 0.6 is 11.8 Å². The number of aryl methyl sites for hydroxylation is 4. The summed E-state index contributed by atoms with van der Waals surface area (Å²) in [4.78, 5) is 23.0. The molecule has 0 saturated heterocycles. The van der Waals surface area contributed by atoms with E-state index in [2.05, 4.69) is 15.1 Å². The number of carbonyl (C=O) groups excluding carboxylic acids is 1. The number of hydrogen-bond donors (Lipinski definition) is 0. The molecule has 2 heterocycles. The molecule has 0 radical (unpaired) electrons. The molecule has 0 bridgehead atoms. The van der Waals surface area contributed by atoms with Crippen LogP contribution in [0.5, 0.6) is 0 Å². The Labute approximate surface area is 140 Å². The lowest BCUT2D eigenvalue weighted by Gasteiger charge is -2.20. The van der Waals surface area contributed by atoms with Gasteiger partial charge in [-0.1, -0.05) is 16.9 Å². The maximum Gasteiger partial charge on any atom is 0.235 e. The Morgan fingerprint density at radius 3 is 2.39 bits per heavy atom. The maximum absolute atomic E-state index is 12.6. The van der Waals surface area contributed by atoms with Crippen LogP contribution in [0.4, 0.5) is 0 Å². The summed E-state index contributed by atoms with van der Waals surface area (Å²) in [6, 6.07) is 1.92. The van der Waals surface area contributed by atoms with Crippen LogP contribution < -0.4 is 0 Å². The van der Waals surface area contributed by atoms with Crippen LogP contribution in [-0.4, -0.2) is 38.2 Å². The minimum atomic E-state index is -0.262. The van der Waals surface area contributed by atoms with Crippen LogP contribution in [-0.2, 0) is 11.3 Å². The van der Waals surface area contributed by atoms with Crippen LogP contribution in [0.3, 0.4) is 0 Å². The first kappa shape index (κ1) is 17.5. The fraction of sp³-hybridized carbons (Fsp3) is 0.500. The van der Waals surface area contributed by atoms with Crippen LogP contribution in [0.15, 0.2) is 15.7 Å². The van der Waals surface area contributed by atoms with Gasteiger partial charge < -0.3 is 9.42 Å². The molecule has 0 N–H and O–H groups in total. The molecule has 23 heavy (non-hydrogen) atoms. The number of aromatic nitrogens is 3. The van der Waals surface area contributed by atoms with E-state index in [0.29, 0.717) is 11.7 Å². The van der Waals surface area contributed by atoms with Gasteiger partial charge in [0.1, 0.15) is 5.76 Å². The summed E-state index contributed by atoms with van der Waals surface area (Å²) in [5, 5.41) is 4.29. The first-order valence-electron chi connectivity index (χ1n) is 7.43. The summed E-state index contributed by atoms with van der Waals surface area (Å²) in [6.07, 6.45) is 0. The van der Waals surface area contributed by atoms with Gasteiger partial charge in [-0.15, -0.1) is 0 Å². The SMILES string of the molecule is Cc1cc(C)nc(SC(C)C(=O)N(C)Cc2c(C)noc2C)n1. The summed E-state index contributed by atoms with van der Waals surface area (Å²) in [6.45, 7) is 9.95. The van der Waals surface area contributed by atoms with Crippen LogP contribution in [0.2, 0.25) is 0 Å². The van der Waals surface area contributed by atoms with Crippen molar-refractivity contribution in [1.82, 2.24) is 20.0 Å². The van der Waals surface area contributed by atoms with Crippen molar-refractivity contribution >= 4 is 17.7 Å². The molecule has 124 valence electrons. The average molecular weight is 334 g/mol. The molecule has 1 unspecified atom stereocenters. The highest BCUT2D eigenvalue weighted by molar-refractivity contribution is 8.00. The van der Waals surface area contributed by atoms with Gasteiger partial charge in [0.15, 0.2) is 5.16 Å². The highest BCUT2D eigenvalue weighted by atomic mass is 32.2. The highest BCUT2D eigenvalue weighted by Crippen LogP contribution is 2.23. The van der Waals surface area contributed by atoms with Gasteiger partial charge in [0.05, 0.1) is 17.5 Å². The molecule has 6 nitrogen and oxygen atoms in total. The zero-order valence-corrected chi connectivity index (χ0v) is 15.2. The van der Waals surface area contributed by atoms with E-state index >= 15 is 0 Å². The van der Waals surface area contributed by atoms with Gasteiger partial charge in [-0.3, -0.25) is 4.79 Å². The first-order valence-corrected chi connectivity index (χ1v) is 8.31. The van der Waals surface area contributed by atoms with E-state index in [1.165, 1.54) is 11.8 Å². The summed E-state index contributed by atoms with van der Waals surface area (Å²) in [5.41, 5.74) is 3.59. The predicted molar refractivity (Wildman–Crippen MR) is 89.3 cm³/mol. The fourth-order valence-electron chi connectivity index (χ4n) is 2.31. The molecule has 0 aliphatic rings. The monoisotopic (exact) mass is 334 g/mol. The van der Waals surface area contributed by atoms with Crippen molar-refractivity contribution in [3.63, 3.8) is 0 Å². The van der Waals surface area contributed by atoms with E-state index in [4.69, 9.17) is 4.52 Å². The second-order valence-electron chi connectivity index (χ2n) is 5.69. The third-order valence-electron chi connectivity index (χ3n) is 3.54. The predicted octanol–water partition coefficient (Wildman–Crippen LogP) is 2.84. The minimum Gasteiger partial charge on any atom is -0.361 e. The molecule has 1 amide bonds. The van der Waals surface area contributed by atoms with Gasteiger partial charge in [-0.05, 0) is 40.7 Å². The van der Waals surface area contributed by atoms with E-state index in [1.807, 2.05) is 40.7 Å². The summed E-state index contributed by atoms with van der Waals surface area (Å²) < 4.78 is 5.15. The molecule has 0 saturated carbocycles. The second-order valence-corrected chi connectivity index (χ2v) is 7.00. The number of rotatable bonds is 5. The van der Waals surface area contributed by atoms with Crippen LogP contribution in [0.25, 0.3) is 0 Å². The van der Waals surface area contributed by atoms with E-state index in [0.717, 1.165) is 28.4 Å². The number of thioether (sulfide) groups is 1. The van der Waals surface area contributed by atoms with Gasteiger partial charge >= 0.3 is 0 Å². The topological polar surface area (TPSA) is 72.1 Å². The smallest absolute Gasteiger partial charge is 0.235 e. The Bertz CT molecular complexity index is 674. The lowest BCUT2D eigenvalue weighted by atomic mass is 10.2. The van der Waals surface area contributed by atoms with Crippen molar-refractivity contribution in [2.24, 2.45) is 0 Å². The molecule has 0 aromatic carbocycles. The zero-order chi connectivity index (χ0) is 17.1. The minimum absolute atomic E-state index is 0.0257. The van der Waals surface area contributed by atoms with Gasteiger partial charge in [0.2, 0.25) is 5.91 Å². The van der Waals surface area contributed by atoms with Gasteiger partial charge in [-0.2, -0.15) is 0 Å². The molecule has 2 rings (SSSR count). The Morgan fingerprint density at radius 1 is 1.26 bits per heavy atom. The van der Waals surface area contributed by atoms with Gasteiger partial charge in [-0.25, -0.2) is 9.97 Å². The fourth-order valence-corrected chi connectivity index (χ4v) is 3.30. The van der Waals surface area contributed by atoms with Crippen LogP contribution in [0.1, 0.15) is 35.3 Å². The second kappa shape index (κ2) is 7.12. The van der Waals surface area contributed by atoms with E-state index in [-0.39, 0.29) is 11.2 Å².